The zero-order valence-corrected chi connectivity index (χ0v) is 32.4. The van der Waals surface area contributed by atoms with E-state index in [2.05, 4.69) is 165 Å². The second-order valence-corrected chi connectivity index (χ2v) is 14.5. The topological polar surface area (TPSA) is 0 Å². The molecule has 1 radical (unpaired) electrons. The third kappa shape index (κ3) is 7.18. The molecule has 0 aromatic heterocycles. The molecule has 0 aliphatic heterocycles. The zero-order valence-electron chi connectivity index (χ0n) is 28.4. The van der Waals surface area contributed by atoms with Crippen molar-refractivity contribution < 1.29 is 51.0 Å². The van der Waals surface area contributed by atoms with Crippen molar-refractivity contribution in [3.05, 3.63) is 157 Å². The standard InChI is InChI=1S/C43H45.2ClH.Zr/c1-28(30-17-11-9-12-18-30)39(29(2)31-19-13-10-14-20-31)41-38(43(6,7)8)27-36-35-26-34(42(3,4)5)24-23-33(35)25-37(36)40(41)32-21-15-16-22-32;;;/h9-21,23-24,26-29H,22H2,1-8H3;2*1H;/q-1;;;+3/p-2. The van der Waals surface area contributed by atoms with Crippen molar-refractivity contribution in [2.75, 3.05) is 0 Å². The Labute approximate surface area is 308 Å². The van der Waals surface area contributed by atoms with Crippen LogP contribution in [0.3, 0.4) is 0 Å². The predicted octanol–water partition coefficient (Wildman–Crippen LogP) is 3.69. The summed E-state index contributed by atoms with van der Waals surface area (Å²) in [5, 5.41) is 5.28. The number of rotatable bonds is 5. The number of hydrogen-bond acceptors (Lipinski definition) is 0. The van der Waals surface area contributed by atoms with Gasteiger partial charge < -0.3 is 24.8 Å². The number of benzene rings is 4. The van der Waals surface area contributed by atoms with Crippen LogP contribution in [0.2, 0.25) is 0 Å². The average Bonchev–Trinajstić information content (AvgIpc) is 3.64. The SMILES string of the molecule is CC(C(=c1c(C(C)(C)C)cc2c(c1C1=CC=CC1)[C-]=c1ccc(C(C)(C)C)cc1=2)C(C)c1ccccc1)c1ccccc1.[Cl-].[Cl-].[Zr+3]. The van der Waals surface area contributed by atoms with E-state index in [-0.39, 0.29) is 73.7 Å². The van der Waals surface area contributed by atoms with Gasteiger partial charge in [0.1, 0.15) is 0 Å². The van der Waals surface area contributed by atoms with Gasteiger partial charge in [0.25, 0.3) is 0 Å². The minimum absolute atomic E-state index is 0. The van der Waals surface area contributed by atoms with Crippen LogP contribution in [0.4, 0.5) is 0 Å². The van der Waals surface area contributed by atoms with E-state index in [1.165, 1.54) is 65.4 Å². The van der Waals surface area contributed by atoms with Crippen LogP contribution < -0.4 is 35.3 Å². The molecule has 0 saturated carbocycles. The Balaban J connectivity index is 0.00000192. The Hall–Kier alpha value is -2.44. The molecule has 2 aliphatic rings. The number of halogens is 2. The van der Waals surface area contributed by atoms with E-state index in [1.54, 1.807) is 0 Å². The van der Waals surface area contributed by atoms with Crippen LogP contribution in [-0.2, 0) is 37.0 Å². The van der Waals surface area contributed by atoms with Crippen molar-refractivity contribution in [3.63, 3.8) is 0 Å². The molecule has 235 valence electrons. The maximum Gasteiger partial charge on any atom is 3.00 e. The summed E-state index contributed by atoms with van der Waals surface area (Å²) < 4.78 is 0. The maximum atomic E-state index is 3.95. The number of fused-ring (bicyclic) bond motifs is 2. The van der Waals surface area contributed by atoms with Gasteiger partial charge in [-0.05, 0) is 39.2 Å². The van der Waals surface area contributed by atoms with Crippen LogP contribution in [0.25, 0.3) is 17.2 Å². The van der Waals surface area contributed by atoms with Gasteiger partial charge in [0.2, 0.25) is 0 Å². The van der Waals surface area contributed by atoms with Crippen LogP contribution in [0.1, 0.15) is 107 Å². The molecule has 0 nitrogen and oxygen atoms in total. The van der Waals surface area contributed by atoms with Gasteiger partial charge in [-0.15, -0.1) is 33.4 Å². The third-order valence-electron chi connectivity index (χ3n) is 9.48. The van der Waals surface area contributed by atoms with Gasteiger partial charge in [-0.1, -0.05) is 175 Å². The number of allylic oxidation sites excluding steroid dienone is 4. The van der Waals surface area contributed by atoms with Crippen molar-refractivity contribution in [1.29, 1.82) is 0 Å². The largest absolute Gasteiger partial charge is 3.00 e. The van der Waals surface area contributed by atoms with Gasteiger partial charge in [0.15, 0.2) is 0 Å². The first-order valence-electron chi connectivity index (χ1n) is 15.9. The van der Waals surface area contributed by atoms with E-state index in [9.17, 15) is 0 Å². The maximum absolute atomic E-state index is 3.95. The summed E-state index contributed by atoms with van der Waals surface area (Å²) in [4.78, 5) is 0. The Morgan fingerprint density at radius 2 is 1.26 bits per heavy atom. The molecular formula is C43H45Cl2Zr. The molecule has 4 aromatic carbocycles. The molecule has 2 unspecified atom stereocenters. The summed E-state index contributed by atoms with van der Waals surface area (Å²) in [6.45, 7) is 18.9. The van der Waals surface area contributed by atoms with Crippen LogP contribution in [0, 0.1) is 10.4 Å². The minimum atomic E-state index is -0.0613. The monoisotopic (exact) mass is 721 g/mol. The molecule has 0 amide bonds. The molecule has 0 saturated heterocycles. The second kappa shape index (κ2) is 14.8. The van der Waals surface area contributed by atoms with E-state index >= 15 is 0 Å². The quantitative estimate of drug-likeness (QED) is 0.243. The Kier molecular flexibility index (Phi) is 12.2. The van der Waals surface area contributed by atoms with Crippen molar-refractivity contribution >= 4 is 17.2 Å². The second-order valence-electron chi connectivity index (χ2n) is 14.5. The fraction of sp³-hybridized carbons (Fsp3) is 0.302. The van der Waals surface area contributed by atoms with E-state index in [4.69, 9.17) is 0 Å². The van der Waals surface area contributed by atoms with E-state index in [1.807, 2.05) is 0 Å². The Morgan fingerprint density at radius 1 is 0.696 bits per heavy atom. The van der Waals surface area contributed by atoms with Gasteiger partial charge in [0, 0.05) is 11.8 Å². The summed E-state index contributed by atoms with van der Waals surface area (Å²) in [5.74, 6) is 0.473. The summed E-state index contributed by atoms with van der Waals surface area (Å²) in [6.07, 6.45) is 11.8. The Morgan fingerprint density at radius 3 is 1.74 bits per heavy atom. The molecule has 46 heavy (non-hydrogen) atoms. The summed E-state index contributed by atoms with van der Waals surface area (Å²) in [6, 6.07) is 31.7. The van der Waals surface area contributed by atoms with Gasteiger partial charge >= 0.3 is 26.2 Å². The van der Waals surface area contributed by atoms with Crippen molar-refractivity contribution in [3.8, 4) is 0 Å². The minimum Gasteiger partial charge on any atom is -1.00 e. The molecule has 0 N–H and O–H groups in total. The molecule has 0 heterocycles. The summed E-state index contributed by atoms with van der Waals surface area (Å²) >= 11 is 0. The van der Waals surface area contributed by atoms with E-state index < -0.39 is 0 Å². The van der Waals surface area contributed by atoms with Gasteiger partial charge in [0.05, 0.1) is 0 Å². The van der Waals surface area contributed by atoms with Crippen LogP contribution in [0.5, 0.6) is 0 Å². The van der Waals surface area contributed by atoms with Crippen LogP contribution in [-0.4, -0.2) is 0 Å². The fourth-order valence-electron chi connectivity index (χ4n) is 7.00. The van der Waals surface area contributed by atoms with Crippen LogP contribution >= 0.6 is 0 Å². The third-order valence-corrected chi connectivity index (χ3v) is 9.48. The summed E-state index contributed by atoms with van der Waals surface area (Å²) in [5.41, 5.74) is 11.0. The predicted molar refractivity (Wildman–Crippen MR) is 185 cm³/mol. The molecule has 0 bridgehead atoms. The first kappa shape index (κ1) is 38.0. The zero-order chi connectivity index (χ0) is 30.5. The number of hydrogen-bond donors (Lipinski definition) is 0. The normalized spacial score (nSPS) is 14.4. The molecule has 4 aromatic rings. The smallest absolute Gasteiger partial charge is 1.00 e. The van der Waals surface area contributed by atoms with Crippen molar-refractivity contribution in [2.24, 2.45) is 0 Å². The van der Waals surface area contributed by atoms with Gasteiger partial charge in [-0.3, -0.25) is 0 Å². The van der Waals surface area contributed by atoms with E-state index in [0.29, 0.717) is 0 Å². The van der Waals surface area contributed by atoms with Crippen LogP contribution in [0.15, 0.2) is 103 Å². The first-order valence-corrected chi connectivity index (χ1v) is 15.9. The van der Waals surface area contributed by atoms with E-state index in [0.717, 1.165) is 6.42 Å². The molecule has 6 rings (SSSR count). The molecular weight excluding hydrogens is 679 g/mol. The molecule has 2 atom stereocenters. The first-order chi connectivity index (χ1) is 20.4. The Bertz CT molecular complexity index is 1930. The molecule has 0 spiro atoms. The van der Waals surface area contributed by atoms with Crippen molar-refractivity contribution in [2.45, 2.75) is 84.5 Å². The average molecular weight is 724 g/mol. The van der Waals surface area contributed by atoms with Gasteiger partial charge in [-0.25, -0.2) is 0 Å². The fourth-order valence-corrected chi connectivity index (χ4v) is 7.00. The molecule has 2 aliphatic carbocycles. The molecule has 3 heteroatoms. The molecule has 0 fully saturated rings. The summed E-state index contributed by atoms with van der Waals surface area (Å²) in [7, 11) is 0. The van der Waals surface area contributed by atoms with Gasteiger partial charge in [-0.2, -0.15) is 0 Å². The van der Waals surface area contributed by atoms with Crippen molar-refractivity contribution in [1.82, 2.24) is 0 Å².